The van der Waals surface area contributed by atoms with Crippen LogP contribution in [0.3, 0.4) is 0 Å². The standard InChI is InChI=1S/C29H23FO3S/c30-28-9-5-4-8-27(28)26(23-12-10-22(11-13-23)21-6-2-1-3-7-21)18-19-34-25-16-14-24(15-17-25)33-20-29(31)32/h1-18H,19-20H2,(H,31,32). The molecule has 4 aromatic carbocycles. The summed E-state index contributed by atoms with van der Waals surface area (Å²) in [6.45, 7) is -0.371. The number of rotatable bonds is 9. The topological polar surface area (TPSA) is 46.5 Å². The molecule has 0 radical (unpaired) electrons. The number of carboxylic acid groups (broad SMARTS) is 1. The molecule has 0 bridgehead atoms. The summed E-state index contributed by atoms with van der Waals surface area (Å²) < 4.78 is 19.9. The Morgan fingerprint density at radius 3 is 2.15 bits per heavy atom. The van der Waals surface area contributed by atoms with E-state index in [4.69, 9.17) is 9.84 Å². The Morgan fingerprint density at radius 1 is 0.824 bits per heavy atom. The maximum absolute atomic E-state index is 14.7. The molecule has 0 aliphatic heterocycles. The van der Waals surface area contributed by atoms with Crippen molar-refractivity contribution in [2.24, 2.45) is 0 Å². The van der Waals surface area contributed by atoms with E-state index in [1.807, 2.05) is 54.6 Å². The lowest BCUT2D eigenvalue weighted by Crippen LogP contribution is -2.09. The summed E-state index contributed by atoms with van der Waals surface area (Å²) >= 11 is 1.61. The molecule has 0 fully saturated rings. The molecular weight excluding hydrogens is 447 g/mol. The van der Waals surface area contributed by atoms with Crippen LogP contribution in [0.15, 0.2) is 114 Å². The molecule has 4 aromatic rings. The molecule has 0 saturated heterocycles. The van der Waals surface area contributed by atoms with E-state index in [1.54, 1.807) is 36.0 Å². The van der Waals surface area contributed by atoms with E-state index in [9.17, 15) is 9.18 Å². The highest BCUT2D eigenvalue weighted by Crippen LogP contribution is 2.30. The Labute approximate surface area is 202 Å². The first-order valence-electron chi connectivity index (χ1n) is 10.8. The number of hydrogen-bond acceptors (Lipinski definition) is 3. The zero-order valence-corrected chi connectivity index (χ0v) is 19.2. The second kappa shape index (κ2) is 11.3. The average Bonchev–Trinajstić information content (AvgIpc) is 2.87. The number of thioether (sulfide) groups is 1. The maximum Gasteiger partial charge on any atom is 0.341 e. The van der Waals surface area contributed by atoms with Crippen molar-refractivity contribution >= 4 is 23.3 Å². The minimum atomic E-state index is -1.01. The molecule has 34 heavy (non-hydrogen) atoms. The molecular formula is C29H23FO3S. The van der Waals surface area contributed by atoms with Gasteiger partial charge in [0.05, 0.1) is 0 Å². The molecule has 0 heterocycles. The molecule has 0 aliphatic carbocycles. The first-order chi connectivity index (χ1) is 16.6. The van der Waals surface area contributed by atoms with E-state index in [0.717, 1.165) is 27.2 Å². The van der Waals surface area contributed by atoms with Crippen LogP contribution in [0.25, 0.3) is 16.7 Å². The predicted octanol–water partition coefficient (Wildman–Crippen LogP) is 7.18. The largest absolute Gasteiger partial charge is 0.482 e. The highest BCUT2D eigenvalue weighted by molar-refractivity contribution is 7.99. The van der Waals surface area contributed by atoms with E-state index < -0.39 is 5.97 Å². The lowest BCUT2D eigenvalue weighted by atomic mass is 9.95. The molecule has 0 aromatic heterocycles. The third-order valence-electron chi connectivity index (χ3n) is 5.19. The van der Waals surface area contributed by atoms with Crippen LogP contribution in [0.2, 0.25) is 0 Å². The van der Waals surface area contributed by atoms with Crippen molar-refractivity contribution in [2.45, 2.75) is 4.90 Å². The van der Waals surface area contributed by atoms with Gasteiger partial charge in [0.15, 0.2) is 6.61 Å². The lowest BCUT2D eigenvalue weighted by Gasteiger charge is -2.11. The van der Waals surface area contributed by atoms with Crippen molar-refractivity contribution in [3.8, 4) is 16.9 Å². The lowest BCUT2D eigenvalue weighted by molar-refractivity contribution is -0.139. The monoisotopic (exact) mass is 470 g/mol. The summed E-state index contributed by atoms with van der Waals surface area (Å²) in [6, 6.07) is 32.4. The fourth-order valence-corrected chi connectivity index (χ4v) is 4.31. The first-order valence-corrected chi connectivity index (χ1v) is 11.8. The van der Waals surface area contributed by atoms with E-state index >= 15 is 0 Å². The third-order valence-corrected chi connectivity index (χ3v) is 6.13. The third kappa shape index (κ3) is 6.15. The van der Waals surface area contributed by atoms with E-state index in [0.29, 0.717) is 17.1 Å². The second-order valence-corrected chi connectivity index (χ2v) is 8.60. The number of carboxylic acids is 1. The summed E-state index contributed by atoms with van der Waals surface area (Å²) in [5, 5.41) is 8.72. The smallest absolute Gasteiger partial charge is 0.341 e. The van der Waals surface area contributed by atoms with Gasteiger partial charge in [0.1, 0.15) is 11.6 Å². The Kier molecular flexibility index (Phi) is 7.79. The quantitative estimate of drug-likeness (QED) is 0.263. The van der Waals surface area contributed by atoms with Crippen LogP contribution in [-0.4, -0.2) is 23.4 Å². The van der Waals surface area contributed by atoms with Crippen LogP contribution < -0.4 is 4.74 Å². The summed E-state index contributed by atoms with van der Waals surface area (Å²) in [7, 11) is 0. The molecule has 0 amide bonds. The summed E-state index contributed by atoms with van der Waals surface area (Å²) in [5.41, 5.74) is 4.59. The van der Waals surface area contributed by atoms with Crippen molar-refractivity contribution in [2.75, 3.05) is 12.4 Å². The molecule has 0 saturated carbocycles. The van der Waals surface area contributed by atoms with Gasteiger partial charge >= 0.3 is 5.97 Å². The fourth-order valence-electron chi connectivity index (χ4n) is 3.53. The van der Waals surface area contributed by atoms with Crippen molar-refractivity contribution in [1.82, 2.24) is 0 Å². The molecule has 0 unspecified atom stereocenters. The number of carbonyl (C=O) groups is 1. The zero-order chi connectivity index (χ0) is 23.8. The molecule has 170 valence electrons. The minimum absolute atomic E-state index is 0.259. The van der Waals surface area contributed by atoms with Gasteiger partial charge in [-0.1, -0.05) is 78.9 Å². The normalized spacial score (nSPS) is 11.3. The van der Waals surface area contributed by atoms with Gasteiger partial charge in [0.25, 0.3) is 0 Å². The van der Waals surface area contributed by atoms with E-state index in [-0.39, 0.29) is 12.4 Å². The minimum Gasteiger partial charge on any atom is -0.482 e. The van der Waals surface area contributed by atoms with E-state index in [2.05, 4.69) is 24.3 Å². The highest BCUT2D eigenvalue weighted by atomic mass is 32.2. The second-order valence-electron chi connectivity index (χ2n) is 7.51. The van der Waals surface area contributed by atoms with Crippen molar-refractivity contribution in [3.05, 3.63) is 126 Å². The van der Waals surface area contributed by atoms with Crippen LogP contribution in [0.4, 0.5) is 4.39 Å². The number of halogens is 1. The molecule has 3 nitrogen and oxygen atoms in total. The zero-order valence-electron chi connectivity index (χ0n) is 18.4. The van der Waals surface area contributed by atoms with Crippen LogP contribution in [-0.2, 0) is 4.79 Å². The molecule has 1 N–H and O–H groups in total. The van der Waals surface area contributed by atoms with Gasteiger partial charge < -0.3 is 9.84 Å². The van der Waals surface area contributed by atoms with Crippen molar-refractivity contribution in [1.29, 1.82) is 0 Å². The Hall–Kier alpha value is -3.83. The SMILES string of the molecule is O=C(O)COc1ccc(SCC=C(c2ccc(-c3ccccc3)cc2)c2ccccc2F)cc1. The van der Waals surface area contributed by atoms with Gasteiger partial charge in [-0.05, 0) is 52.6 Å². The van der Waals surface area contributed by atoms with Crippen molar-refractivity contribution in [3.63, 3.8) is 0 Å². The Balaban J connectivity index is 1.54. The molecule has 5 heteroatoms. The maximum atomic E-state index is 14.7. The molecule has 0 aliphatic rings. The number of benzene rings is 4. The van der Waals surface area contributed by atoms with Gasteiger partial charge in [-0.15, -0.1) is 11.8 Å². The Morgan fingerprint density at radius 2 is 1.47 bits per heavy atom. The average molecular weight is 471 g/mol. The van der Waals surface area contributed by atoms with Crippen LogP contribution >= 0.6 is 11.8 Å². The highest BCUT2D eigenvalue weighted by Gasteiger charge is 2.10. The van der Waals surface area contributed by atoms with Gasteiger partial charge in [-0.2, -0.15) is 0 Å². The van der Waals surface area contributed by atoms with Gasteiger partial charge in [-0.25, -0.2) is 9.18 Å². The predicted molar refractivity (Wildman–Crippen MR) is 136 cm³/mol. The summed E-state index contributed by atoms with van der Waals surface area (Å²) in [6.07, 6.45) is 2.04. The van der Waals surface area contributed by atoms with Crippen LogP contribution in [0, 0.1) is 5.82 Å². The number of hydrogen-bond donors (Lipinski definition) is 1. The number of aliphatic carboxylic acids is 1. The first kappa shape index (κ1) is 23.3. The van der Waals surface area contributed by atoms with E-state index in [1.165, 1.54) is 6.07 Å². The summed E-state index contributed by atoms with van der Waals surface area (Å²) in [4.78, 5) is 11.6. The molecule has 0 atom stereocenters. The Bertz CT molecular complexity index is 1270. The summed E-state index contributed by atoms with van der Waals surface area (Å²) in [5.74, 6) is -0.126. The van der Waals surface area contributed by atoms with Crippen LogP contribution in [0.1, 0.15) is 11.1 Å². The molecule has 0 spiro atoms. The number of ether oxygens (including phenoxy) is 1. The fraction of sp³-hybridized carbons (Fsp3) is 0.0690. The van der Waals surface area contributed by atoms with Crippen molar-refractivity contribution < 1.29 is 19.0 Å². The molecule has 4 rings (SSSR count). The van der Waals surface area contributed by atoms with Gasteiger partial charge in [0, 0.05) is 16.2 Å². The van der Waals surface area contributed by atoms with Crippen LogP contribution in [0.5, 0.6) is 5.75 Å². The van der Waals surface area contributed by atoms with Gasteiger partial charge in [0.2, 0.25) is 0 Å². The van der Waals surface area contributed by atoms with Gasteiger partial charge in [-0.3, -0.25) is 0 Å².